The van der Waals surface area contributed by atoms with Crippen molar-refractivity contribution in [2.45, 2.75) is 6.92 Å². The van der Waals surface area contributed by atoms with E-state index in [9.17, 15) is 0 Å². The number of aromatic amines is 2. The second-order valence-electron chi connectivity index (χ2n) is 6.86. The molecular formula is C22H17N9. The Morgan fingerprint density at radius 1 is 1.13 bits per heavy atom. The number of nitrogens with zero attached hydrogens (tertiary/aromatic N) is 7. The molecule has 9 nitrogen and oxygen atoms in total. The van der Waals surface area contributed by atoms with Gasteiger partial charge in [-0.25, -0.2) is 9.98 Å². The monoisotopic (exact) mass is 407 g/mol. The Morgan fingerprint density at radius 3 is 2.90 bits per heavy atom. The number of nitrogens with one attached hydrogen (secondary N) is 2. The van der Waals surface area contributed by atoms with Crippen LogP contribution in [0.5, 0.6) is 0 Å². The normalized spacial score (nSPS) is 12.2. The molecule has 0 amide bonds. The van der Waals surface area contributed by atoms with Crippen LogP contribution in [0.2, 0.25) is 0 Å². The minimum Gasteiger partial charge on any atom is -0.335 e. The standard InChI is InChI=1S/C22H17N9/c1-13(7-26-12-23-2)17-6-15-18(11-27-17)30-31-21(15)22-28-19-10-25-9-16(20(19)29-22)14-4-3-5-24-8-14/h3-12H,2H2,1H3,(H,28,29)(H,30,31)/b13-7+,26-12?. The van der Waals surface area contributed by atoms with Crippen molar-refractivity contribution in [3.63, 3.8) is 0 Å². The van der Waals surface area contributed by atoms with Gasteiger partial charge in [-0.1, -0.05) is 6.07 Å². The molecule has 0 radical (unpaired) electrons. The van der Waals surface area contributed by atoms with E-state index >= 15 is 0 Å². The Labute approximate surface area is 176 Å². The second-order valence-corrected chi connectivity index (χ2v) is 6.86. The summed E-state index contributed by atoms with van der Waals surface area (Å²) in [6.07, 6.45) is 11.9. The molecule has 31 heavy (non-hydrogen) atoms. The van der Waals surface area contributed by atoms with Crippen LogP contribution in [-0.2, 0) is 0 Å². The highest BCUT2D eigenvalue weighted by Gasteiger charge is 2.16. The van der Waals surface area contributed by atoms with Crippen molar-refractivity contribution >= 4 is 40.6 Å². The SMILES string of the molecule is C=NC=N/C=C(\C)c1cc2c(-c3nc4c(-c5cccnc5)cncc4[nH]3)n[nH]c2cn1. The molecule has 0 saturated heterocycles. The van der Waals surface area contributed by atoms with E-state index in [1.54, 1.807) is 37.2 Å². The lowest BCUT2D eigenvalue weighted by molar-refractivity contribution is 1.10. The van der Waals surface area contributed by atoms with Gasteiger partial charge in [-0.05, 0) is 31.3 Å². The predicted octanol–water partition coefficient (Wildman–Crippen LogP) is 4.05. The van der Waals surface area contributed by atoms with Crippen LogP contribution in [0, 0.1) is 0 Å². The number of pyridine rings is 3. The van der Waals surface area contributed by atoms with Crippen LogP contribution in [-0.4, -0.2) is 48.2 Å². The first kappa shape index (κ1) is 18.5. The summed E-state index contributed by atoms with van der Waals surface area (Å²) in [4.78, 5) is 28.9. The van der Waals surface area contributed by atoms with Gasteiger partial charge in [-0.15, -0.1) is 0 Å². The van der Waals surface area contributed by atoms with Crippen LogP contribution in [0.25, 0.3) is 50.2 Å². The largest absolute Gasteiger partial charge is 0.335 e. The highest BCUT2D eigenvalue weighted by molar-refractivity contribution is 5.97. The summed E-state index contributed by atoms with van der Waals surface area (Å²) < 4.78 is 0. The molecule has 0 atom stereocenters. The van der Waals surface area contributed by atoms with Gasteiger partial charge in [0, 0.05) is 41.3 Å². The van der Waals surface area contributed by atoms with Gasteiger partial charge in [-0.2, -0.15) is 5.10 Å². The first-order chi connectivity index (χ1) is 15.2. The summed E-state index contributed by atoms with van der Waals surface area (Å²) >= 11 is 0. The molecule has 5 heterocycles. The van der Waals surface area contributed by atoms with Gasteiger partial charge in [0.15, 0.2) is 5.82 Å². The molecule has 0 aromatic carbocycles. The van der Waals surface area contributed by atoms with Crippen LogP contribution >= 0.6 is 0 Å². The maximum absolute atomic E-state index is 4.83. The van der Waals surface area contributed by atoms with E-state index in [4.69, 9.17) is 4.98 Å². The number of hydrogen-bond acceptors (Lipinski definition) is 6. The molecule has 9 heteroatoms. The minimum atomic E-state index is 0.645. The van der Waals surface area contributed by atoms with Gasteiger partial charge >= 0.3 is 0 Å². The Kier molecular flexibility index (Phi) is 4.60. The van der Waals surface area contributed by atoms with Gasteiger partial charge in [0.05, 0.1) is 29.1 Å². The van der Waals surface area contributed by atoms with Gasteiger partial charge in [0.25, 0.3) is 0 Å². The van der Waals surface area contributed by atoms with Crippen LogP contribution < -0.4 is 0 Å². The lowest BCUT2D eigenvalue weighted by Crippen LogP contribution is -1.87. The van der Waals surface area contributed by atoms with E-state index in [2.05, 4.69) is 46.8 Å². The summed E-state index contributed by atoms with van der Waals surface area (Å²) in [6.45, 7) is 5.31. The van der Waals surface area contributed by atoms with Crippen molar-refractivity contribution < 1.29 is 0 Å². The van der Waals surface area contributed by atoms with E-state index in [1.165, 1.54) is 6.34 Å². The van der Waals surface area contributed by atoms with Crippen LogP contribution in [0.1, 0.15) is 12.6 Å². The lowest BCUT2D eigenvalue weighted by atomic mass is 10.1. The number of aliphatic imine (C=N–C) groups is 2. The number of H-pyrrole nitrogens is 2. The Morgan fingerprint density at radius 2 is 2.06 bits per heavy atom. The smallest absolute Gasteiger partial charge is 0.159 e. The molecule has 0 fully saturated rings. The number of allylic oxidation sites excluding steroid dienone is 1. The first-order valence-corrected chi connectivity index (χ1v) is 9.48. The quantitative estimate of drug-likeness (QED) is 0.336. The van der Waals surface area contributed by atoms with E-state index in [0.29, 0.717) is 11.5 Å². The fourth-order valence-electron chi connectivity index (χ4n) is 3.35. The summed E-state index contributed by atoms with van der Waals surface area (Å²) in [5.74, 6) is 0.645. The molecule has 0 unspecified atom stereocenters. The zero-order chi connectivity index (χ0) is 21.2. The van der Waals surface area contributed by atoms with Gasteiger partial charge < -0.3 is 4.98 Å². The predicted molar refractivity (Wildman–Crippen MR) is 122 cm³/mol. The topological polar surface area (TPSA) is 121 Å². The van der Waals surface area contributed by atoms with Crippen LogP contribution in [0.3, 0.4) is 0 Å². The van der Waals surface area contributed by atoms with Crippen molar-refractivity contribution in [3.8, 4) is 22.6 Å². The molecule has 150 valence electrons. The lowest BCUT2D eigenvalue weighted by Gasteiger charge is -2.00. The van der Waals surface area contributed by atoms with Gasteiger partial charge in [-0.3, -0.25) is 25.0 Å². The number of fused-ring (bicyclic) bond motifs is 2. The number of aromatic nitrogens is 7. The molecule has 0 aliphatic heterocycles. The third-order valence-electron chi connectivity index (χ3n) is 4.86. The van der Waals surface area contributed by atoms with Gasteiger partial charge in [0.2, 0.25) is 0 Å². The Balaban J connectivity index is 1.63. The molecule has 5 rings (SSSR count). The molecule has 0 saturated carbocycles. The van der Waals surface area contributed by atoms with E-state index in [1.807, 2.05) is 25.1 Å². The first-order valence-electron chi connectivity index (χ1n) is 9.48. The van der Waals surface area contributed by atoms with E-state index in [-0.39, 0.29) is 0 Å². The van der Waals surface area contributed by atoms with Crippen LogP contribution in [0.4, 0.5) is 0 Å². The maximum atomic E-state index is 4.83. The summed E-state index contributed by atoms with van der Waals surface area (Å²) in [5, 5.41) is 8.40. The Bertz CT molecular complexity index is 1460. The number of imidazole rings is 1. The zero-order valence-electron chi connectivity index (χ0n) is 16.6. The highest BCUT2D eigenvalue weighted by atomic mass is 15.1. The molecule has 0 bridgehead atoms. The third kappa shape index (κ3) is 3.38. The molecule has 5 aromatic rings. The fourth-order valence-corrected chi connectivity index (χ4v) is 3.35. The van der Waals surface area contributed by atoms with Crippen molar-refractivity contribution in [1.82, 2.24) is 35.1 Å². The number of rotatable bonds is 5. The summed E-state index contributed by atoms with van der Waals surface area (Å²) in [6, 6.07) is 5.84. The van der Waals surface area contributed by atoms with Crippen LogP contribution in [0.15, 0.2) is 65.4 Å². The van der Waals surface area contributed by atoms with E-state index in [0.717, 1.165) is 44.3 Å². The van der Waals surface area contributed by atoms with Gasteiger partial charge in [0.1, 0.15) is 17.5 Å². The maximum Gasteiger partial charge on any atom is 0.159 e. The minimum absolute atomic E-state index is 0.645. The fraction of sp³-hybridized carbons (Fsp3) is 0.0455. The molecule has 2 N–H and O–H groups in total. The Hall–Kier alpha value is -4.53. The van der Waals surface area contributed by atoms with Crippen molar-refractivity contribution in [2.24, 2.45) is 9.98 Å². The van der Waals surface area contributed by atoms with Crippen molar-refractivity contribution in [1.29, 1.82) is 0 Å². The molecule has 5 aromatic heterocycles. The third-order valence-corrected chi connectivity index (χ3v) is 4.86. The van der Waals surface area contributed by atoms with Crippen molar-refractivity contribution in [3.05, 3.63) is 61.1 Å². The second kappa shape index (κ2) is 7.71. The molecule has 0 aliphatic rings. The molecular weight excluding hydrogens is 390 g/mol. The van der Waals surface area contributed by atoms with Crippen molar-refractivity contribution in [2.75, 3.05) is 0 Å². The number of hydrogen-bond donors (Lipinski definition) is 2. The molecule has 0 aliphatic carbocycles. The highest BCUT2D eigenvalue weighted by Crippen LogP contribution is 2.31. The summed E-state index contributed by atoms with van der Waals surface area (Å²) in [5.41, 5.74) is 6.68. The van der Waals surface area contributed by atoms with E-state index < -0.39 is 0 Å². The average molecular weight is 407 g/mol. The molecule has 0 spiro atoms. The average Bonchev–Trinajstić information content (AvgIpc) is 3.43. The zero-order valence-corrected chi connectivity index (χ0v) is 16.6. The summed E-state index contributed by atoms with van der Waals surface area (Å²) in [7, 11) is 0.